The number of carbonyl (C=O) groups excluding carboxylic acids is 2. The van der Waals surface area contributed by atoms with Gasteiger partial charge in [-0.3, -0.25) is 9.59 Å². The number of esters is 1. The van der Waals surface area contributed by atoms with Crippen LogP contribution >= 0.6 is 0 Å². The lowest BCUT2D eigenvalue weighted by Gasteiger charge is -2.16. The van der Waals surface area contributed by atoms with Gasteiger partial charge in [0.25, 0.3) is 0 Å². The molecule has 0 aromatic carbocycles. The average Bonchev–Trinajstić information content (AvgIpc) is 3.55. The molecule has 0 radical (unpaired) electrons. The minimum atomic E-state index is -0.665. The minimum absolute atomic E-state index is 0.0921. The zero-order chi connectivity index (χ0) is 33.9. The summed E-state index contributed by atoms with van der Waals surface area (Å²) in [6.07, 6.45) is 36.2. The number of carboxylic acids is 1. The monoisotopic (exact) mass is 648 g/mol. The standard InChI is InChI=1S/C20H35N3O3.C18H34O2/c1-3-5-6-7-8-9-10-11-12-13-19(24)23-18(20(25)26-4-2)14-17-15-21-16-22-17;1-2-3-4-5-6-7-8-9-10-11-12-13-14-15-16-17-18(19)20/h15-16,18H,3-14H2,1-2H3,(H,21,22)(H,23,24);9-10H,2-8,11-17H2,1H3,(H,19,20)/b;10-9+/t18-;/m0./s1. The number of carbonyl (C=O) groups is 3. The van der Waals surface area contributed by atoms with E-state index in [1.807, 2.05) is 0 Å². The molecule has 46 heavy (non-hydrogen) atoms. The van der Waals surface area contributed by atoms with E-state index < -0.39 is 18.0 Å². The molecule has 1 heterocycles. The van der Waals surface area contributed by atoms with E-state index in [1.54, 1.807) is 19.4 Å². The third-order valence-corrected chi connectivity index (χ3v) is 8.05. The van der Waals surface area contributed by atoms with Gasteiger partial charge in [0, 0.05) is 31.2 Å². The van der Waals surface area contributed by atoms with Crippen molar-refractivity contribution in [3.63, 3.8) is 0 Å². The summed E-state index contributed by atoms with van der Waals surface area (Å²) < 4.78 is 5.06. The van der Waals surface area contributed by atoms with Crippen LogP contribution in [0.3, 0.4) is 0 Å². The number of aromatic nitrogens is 2. The van der Waals surface area contributed by atoms with Gasteiger partial charge in [0.1, 0.15) is 6.04 Å². The Bertz CT molecular complexity index is 857. The first-order chi connectivity index (χ1) is 22.4. The lowest BCUT2D eigenvalue weighted by molar-refractivity contribution is -0.147. The van der Waals surface area contributed by atoms with Crippen LogP contribution in [0.5, 0.6) is 0 Å². The molecule has 3 N–H and O–H groups in total. The summed E-state index contributed by atoms with van der Waals surface area (Å²) in [5.41, 5.74) is 0.798. The molecule has 0 aliphatic rings. The number of imidazole rings is 1. The van der Waals surface area contributed by atoms with E-state index in [1.165, 1.54) is 116 Å². The molecular weight excluding hydrogens is 578 g/mol. The molecule has 0 aliphatic heterocycles. The summed E-state index contributed by atoms with van der Waals surface area (Å²) in [4.78, 5) is 41.4. The fraction of sp³-hybridized carbons (Fsp3) is 0.789. The summed E-state index contributed by atoms with van der Waals surface area (Å²) in [6, 6.07) is -0.665. The molecule has 1 aromatic rings. The fourth-order valence-corrected chi connectivity index (χ4v) is 5.26. The van der Waals surface area contributed by atoms with Crippen LogP contribution in [0, 0.1) is 0 Å². The normalized spacial score (nSPS) is 11.6. The van der Waals surface area contributed by atoms with Crippen LogP contribution in [-0.2, 0) is 25.5 Å². The molecule has 8 heteroatoms. The Morgan fingerprint density at radius 3 is 1.67 bits per heavy atom. The zero-order valence-electron chi connectivity index (χ0n) is 29.8. The maximum atomic E-state index is 12.2. The quantitative estimate of drug-likeness (QED) is 0.0434. The second-order valence-corrected chi connectivity index (χ2v) is 12.5. The van der Waals surface area contributed by atoms with Gasteiger partial charge in [0.15, 0.2) is 0 Å². The Labute approximate surface area is 281 Å². The maximum absolute atomic E-state index is 12.2. The van der Waals surface area contributed by atoms with Gasteiger partial charge >= 0.3 is 11.9 Å². The molecule has 1 atom stereocenters. The topological polar surface area (TPSA) is 121 Å². The Morgan fingerprint density at radius 2 is 1.22 bits per heavy atom. The number of aromatic amines is 1. The number of ether oxygens (including phenoxy) is 1. The fourth-order valence-electron chi connectivity index (χ4n) is 5.26. The first-order valence-corrected chi connectivity index (χ1v) is 18.7. The highest BCUT2D eigenvalue weighted by atomic mass is 16.5. The van der Waals surface area contributed by atoms with Crippen LogP contribution in [0.1, 0.15) is 181 Å². The van der Waals surface area contributed by atoms with Gasteiger partial charge in [0.05, 0.1) is 12.9 Å². The molecule has 1 amide bonds. The lowest BCUT2D eigenvalue weighted by atomic mass is 10.1. The van der Waals surface area contributed by atoms with Crippen LogP contribution in [0.4, 0.5) is 0 Å². The van der Waals surface area contributed by atoms with Crippen molar-refractivity contribution in [3.05, 3.63) is 30.4 Å². The first-order valence-electron chi connectivity index (χ1n) is 18.7. The van der Waals surface area contributed by atoms with Crippen molar-refractivity contribution >= 4 is 17.8 Å². The van der Waals surface area contributed by atoms with Crippen molar-refractivity contribution < 1.29 is 24.2 Å². The first kappa shape index (κ1) is 43.4. The van der Waals surface area contributed by atoms with Crippen LogP contribution in [-0.4, -0.2) is 45.6 Å². The number of rotatable bonds is 30. The average molecular weight is 648 g/mol. The number of allylic oxidation sites excluding steroid dienone is 2. The van der Waals surface area contributed by atoms with Gasteiger partial charge in [-0.2, -0.15) is 0 Å². The van der Waals surface area contributed by atoms with Crippen molar-refractivity contribution in [2.75, 3.05) is 6.61 Å². The van der Waals surface area contributed by atoms with E-state index in [0.717, 1.165) is 31.4 Å². The van der Waals surface area contributed by atoms with Gasteiger partial charge in [-0.05, 0) is 45.4 Å². The van der Waals surface area contributed by atoms with Gasteiger partial charge in [-0.25, -0.2) is 9.78 Å². The second-order valence-electron chi connectivity index (χ2n) is 12.5. The molecular formula is C38H69N3O5. The van der Waals surface area contributed by atoms with Gasteiger partial charge in [-0.1, -0.05) is 129 Å². The summed E-state index contributed by atoms with van der Waals surface area (Å²) in [7, 11) is 0. The predicted octanol–water partition coefficient (Wildman–Crippen LogP) is 10.0. The Hall–Kier alpha value is -2.64. The molecule has 0 saturated heterocycles. The minimum Gasteiger partial charge on any atom is -0.481 e. The smallest absolute Gasteiger partial charge is 0.329 e. The SMILES string of the molecule is CCCCCCCC/C=C/CCCCCCCC(=O)O.CCCCCCCCCCCC(=O)N[C@@H](Cc1cnc[nH]1)C(=O)OCC. The number of hydrogen-bond donors (Lipinski definition) is 3. The van der Waals surface area contributed by atoms with E-state index in [-0.39, 0.29) is 5.91 Å². The van der Waals surface area contributed by atoms with Crippen LogP contribution in [0.25, 0.3) is 0 Å². The number of aliphatic carboxylic acids is 1. The number of hydrogen-bond acceptors (Lipinski definition) is 5. The molecule has 0 bridgehead atoms. The summed E-state index contributed by atoms with van der Waals surface area (Å²) in [5, 5.41) is 11.3. The summed E-state index contributed by atoms with van der Waals surface area (Å²) in [6.45, 7) is 6.54. The molecule has 0 spiro atoms. The van der Waals surface area contributed by atoms with Crippen molar-refractivity contribution in [2.24, 2.45) is 0 Å². The Balaban J connectivity index is 0.000000914. The summed E-state index contributed by atoms with van der Waals surface area (Å²) in [5.74, 6) is -1.16. The third kappa shape index (κ3) is 30.0. The van der Waals surface area contributed by atoms with Gasteiger partial charge < -0.3 is 20.1 Å². The lowest BCUT2D eigenvalue weighted by Crippen LogP contribution is -2.43. The molecule has 1 aromatic heterocycles. The third-order valence-electron chi connectivity index (χ3n) is 8.05. The number of nitrogens with zero attached hydrogens (tertiary/aromatic N) is 1. The van der Waals surface area contributed by atoms with E-state index in [0.29, 0.717) is 25.9 Å². The van der Waals surface area contributed by atoms with Crippen molar-refractivity contribution in [3.8, 4) is 0 Å². The number of carboxylic acid groups (broad SMARTS) is 1. The van der Waals surface area contributed by atoms with Crippen molar-refractivity contribution in [2.45, 2.75) is 187 Å². The van der Waals surface area contributed by atoms with E-state index in [9.17, 15) is 14.4 Å². The van der Waals surface area contributed by atoms with E-state index >= 15 is 0 Å². The number of amides is 1. The highest BCUT2D eigenvalue weighted by molar-refractivity contribution is 5.84. The van der Waals surface area contributed by atoms with Crippen molar-refractivity contribution in [1.82, 2.24) is 15.3 Å². The number of nitrogens with one attached hydrogen (secondary N) is 2. The molecule has 0 unspecified atom stereocenters. The highest BCUT2D eigenvalue weighted by Crippen LogP contribution is 2.12. The van der Waals surface area contributed by atoms with E-state index in [4.69, 9.17) is 9.84 Å². The van der Waals surface area contributed by atoms with Crippen LogP contribution in [0.2, 0.25) is 0 Å². The van der Waals surface area contributed by atoms with Crippen molar-refractivity contribution in [1.29, 1.82) is 0 Å². The van der Waals surface area contributed by atoms with Crippen LogP contribution in [0.15, 0.2) is 24.7 Å². The van der Waals surface area contributed by atoms with Gasteiger partial charge in [-0.15, -0.1) is 0 Å². The predicted molar refractivity (Wildman–Crippen MR) is 190 cm³/mol. The molecule has 266 valence electrons. The number of unbranched alkanes of at least 4 members (excludes halogenated alkanes) is 19. The Morgan fingerprint density at radius 1 is 0.739 bits per heavy atom. The van der Waals surface area contributed by atoms with E-state index in [2.05, 4.69) is 41.3 Å². The molecule has 0 aliphatic carbocycles. The largest absolute Gasteiger partial charge is 0.481 e. The molecule has 1 rings (SSSR count). The highest BCUT2D eigenvalue weighted by Gasteiger charge is 2.22. The molecule has 0 saturated carbocycles. The molecule has 8 nitrogen and oxygen atoms in total. The van der Waals surface area contributed by atoms with Crippen LogP contribution < -0.4 is 5.32 Å². The summed E-state index contributed by atoms with van der Waals surface area (Å²) >= 11 is 0. The Kier molecular flexibility index (Phi) is 31.8. The zero-order valence-corrected chi connectivity index (χ0v) is 29.8. The second kappa shape index (κ2) is 33.7. The molecule has 0 fully saturated rings. The maximum Gasteiger partial charge on any atom is 0.329 e. The number of H-pyrrole nitrogens is 1. The van der Waals surface area contributed by atoms with Gasteiger partial charge in [0.2, 0.25) is 5.91 Å².